The van der Waals surface area contributed by atoms with Gasteiger partial charge in [0.1, 0.15) is 5.82 Å². The Bertz CT molecular complexity index is 1060. The van der Waals surface area contributed by atoms with Gasteiger partial charge in [-0.05, 0) is 80.2 Å². The summed E-state index contributed by atoms with van der Waals surface area (Å²) >= 11 is 0. The zero-order valence-corrected chi connectivity index (χ0v) is 17.8. The van der Waals surface area contributed by atoms with Crippen LogP contribution in [0.25, 0.3) is 0 Å². The quantitative estimate of drug-likeness (QED) is 0.759. The minimum Gasteiger partial charge on any atom is -0.356 e. The third-order valence-corrected chi connectivity index (χ3v) is 8.60. The van der Waals surface area contributed by atoms with Crippen molar-refractivity contribution in [2.24, 2.45) is 11.3 Å². The van der Waals surface area contributed by atoms with E-state index in [4.69, 9.17) is 0 Å². The Labute approximate surface area is 177 Å². The molecule has 0 atom stereocenters. The van der Waals surface area contributed by atoms with E-state index in [-0.39, 0.29) is 22.5 Å². The number of benzene rings is 1. The lowest BCUT2D eigenvalue weighted by Gasteiger charge is -2.33. The van der Waals surface area contributed by atoms with Gasteiger partial charge in [-0.2, -0.15) is 0 Å². The average Bonchev–Trinajstić information content (AvgIpc) is 3.68. The Balaban J connectivity index is 1.33. The smallest absolute Gasteiger partial charge is 0.259 e. The normalized spacial score (nSPS) is 20.2. The van der Waals surface area contributed by atoms with Gasteiger partial charge in [0.25, 0.3) is 5.91 Å². The van der Waals surface area contributed by atoms with E-state index in [1.54, 1.807) is 42.6 Å². The summed E-state index contributed by atoms with van der Waals surface area (Å²) in [7, 11) is -3.32. The Hall–Kier alpha value is -2.41. The molecule has 1 N–H and O–H groups in total. The SMILES string of the molecule is O=C(Nc1cccc(S(=O)(=O)CC2CC2)c1)c1cccnc1N1CCC2(CC1)CC2. The van der Waals surface area contributed by atoms with Crippen LogP contribution in [0.4, 0.5) is 11.5 Å². The highest BCUT2D eigenvalue weighted by Crippen LogP contribution is 2.53. The van der Waals surface area contributed by atoms with Crippen molar-refractivity contribution in [3.8, 4) is 0 Å². The highest BCUT2D eigenvalue weighted by atomic mass is 32.2. The van der Waals surface area contributed by atoms with Crippen LogP contribution in [0.3, 0.4) is 0 Å². The Morgan fingerprint density at radius 2 is 1.87 bits per heavy atom. The number of sulfone groups is 1. The molecule has 6 nitrogen and oxygen atoms in total. The molecule has 158 valence electrons. The summed E-state index contributed by atoms with van der Waals surface area (Å²) in [5.41, 5.74) is 1.57. The average molecular weight is 426 g/mol. The number of carbonyl (C=O) groups is 1. The fourth-order valence-corrected chi connectivity index (χ4v) is 6.09. The van der Waals surface area contributed by atoms with Crippen LogP contribution >= 0.6 is 0 Å². The number of pyridine rings is 1. The number of hydrogen-bond acceptors (Lipinski definition) is 5. The summed E-state index contributed by atoms with van der Waals surface area (Å²) in [6.45, 7) is 1.85. The molecule has 2 heterocycles. The van der Waals surface area contributed by atoms with Crippen LogP contribution in [-0.2, 0) is 9.84 Å². The van der Waals surface area contributed by atoms with Gasteiger partial charge < -0.3 is 10.2 Å². The maximum absolute atomic E-state index is 13.0. The second-order valence-corrected chi connectivity index (χ2v) is 11.1. The number of hydrogen-bond donors (Lipinski definition) is 1. The molecule has 3 aliphatic rings. The van der Waals surface area contributed by atoms with Crippen molar-refractivity contribution in [1.29, 1.82) is 0 Å². The van der Waals surface area contributed by atoms with E-state index >= 15 is 0 Å². The van der Waals surface area contributed by atoms with Crippen LogP contribution in [0.15, 0.2) is 47.5 Å². The standard InChI is InChI=1S/C23H27N3O3S/c27-22(25-18-3-1-4-19(15-18)30(28,29)16-17-6-7-17)20-5-2-12-24-21(20)26-13-10-23(8-9-23)11-14-26/h1-5,12,15,17H,6-11,13-14,16H2,(H,25,27). The lowest BCUT2D eigenvalue weighted by molar-refractivity contribution is 0.102. The summed E-state index contributed by atoms with van der Waals surface area (Å²) in [6.07, 6.45) is 8.66. The fraction of sp³-hybridized carbons (Fsp3) is 0.478. The van der Waals surface area contributed by atoms with Crippen molar-refractivity contribution in [3.63, 3.8) is 0 Å². The van der Waals surface area contributed by atoms with E-state index in [1.807, 2.05) is 0 Å². The molecule has 1 aliphatic heterocycles. The predicted molar refractivity (Wildman–Crippen MR) is 117 cm³/mol. The number of piperidine rings is 1. The lowest BCUT2D eigenvalue weighted by Crippen LogP contribution is -2.36. The molecule has 1 saturated heterocycles. The largest absolute Gasteiger partial charge is 0.356 e. The number of carbonyl (C=O) groups excluding carboxylic acids is 1. The van der Waals surface area contributed by atoms with Crippen molar-refractivity contribution >= 4 is 27.2 Å². The van der Waals surface area contributed by atoms with Gasteiger partial charge in [0.15, 0.2) is 9.84 Å². The summed E-state index contributed by atoms with van der Waals surface area (Å²) in [4.78, 5) is 20.0. The Morgan fingerprint density at radius 1 is 1.10 bits per heavy atom. The molecule has 1 amide bonds. The number of aromatic nitrogens is 1. The lowest BCUT2D eigenvalue weighted by atomic mass is 9.93. The molecule has 2 aromatic rings. The van der Waals surface area contributed by atoms with Crippen LogP contribution in [0.1, 0.15) is 48.9 Å². The van der Waals surface area contributed by atoms with E-state index in [1.165, 1.54) is 12.8 Å². The molecular formula is C23H27N3O3S. The van der Waals surface area contributed by atoms with Crippen LogP contribution < -0.4 is 10.2 Å². The van der Waals surface area contributed by atoms with Crippen molar-refractivity contribution in [1.82, 2.24) is 4.98 Å². The van der Waals surface area contributed by atoms with E-state index in [0.717, 1.165) is 38.8 Å². The van der Waals surface area contributed by atoms with Crippen molar-refractivity contribution in [2.45, 2.75) is 43.4 Å². The predicted octanol–water partition coefficient (Wildman–Crippen LogP) is 3.90. The van der Waals surface area contributed by atoms with Gasteiger partial charge in [0.05, 0.1) is 16.2 Å². The number of nitrogens with zero attached hydrogens (tertiary/aromatic N) is 2. The van der Waals surface area contributed by atoms with Gasteiger partial charge in [-0.1, -0.05) is 6.07 Å². The van der Waals surface area contributed by atoms with Gasteiger partial charge in [-0.25, -0.2) is 13.4 Å². The van der Waals surface area contributed by atoms with Crippen molar-refractivity contribution < 1.29 is 13.2 Å². The molecule has 2 aliphatic carbocycles. The van der Waals surface area contributed by atoms with Crippen molar-refractivity contribution in [3.05, 3.63) is 48.2 Å². The van der Waals surface area contributed by atoms with Gasteiger partial charge >= 0.3 is 0 Å². The Morgan fingerprint density at radius 3 is 2.57 bits per heavy atom. The zero-order valence-electron chi connectivity index (χ0n) is 17.0. The molecule has 7 heteroatoms. The molecule has 0 radical (unpaired) electrons. The van der Waals surface area contributed by atoms with Crippen LogP contribution in [0, 0.1) is 11.3 Å². The minimum atomic E-state index is -3.32. The van der Waals surface area contributed by atoms with Gasteiger partial charge in [0, 0.05) is 25.0 Å². The number of rotatable bonds is 6. The highest BCUT2D eigenvalue weighted by Gasteiger charge is 2.44. The third kappa shape index (κ3) is 4.08. The first-order chi connectivity index (χ1) is 14.4. The fourth-order valence-electron chi connectivity index (χ4n) is 4.35. The molecule has 3 fully saturated rings. The molecule has 30 heavy (non-hydrogen) atoms. The maximum atomic E-state index is 13.0. The van der Waals surface area contributed by atoms with Crippen molar-refractivity contribution in [2.75, 3.05) is 29.1 Å². The van der Waals surface area contributed by atoms with E-state index < -0.39 is 9.84 Å². The minimum absolute atomic E-state index is 0.188. The van der Waals surface area contributed by atoms with E-state index in [0.29, 0.717) is 22.5 Å². The number of nitrogens with one attached hydrogen (secondary N) is 1. The molecule has 5 rings (SSSR count). The van der Waals surface area contributed by atoms with Crippen LogP contribution in [0.5, 0.6) is 0 Å². The molecule has 1 aromatic carbocycles. The number of amides is 1. The summed E-state index contributed by atoms with van der Waals surface area (Å²) in [6, 6.07) is 10.1. The summed E-state index contributed by atoms with van der Waals surface area (Å²) in [5, 5.41) is 2.88. The van der Waals surface area contributed by atoms with Gasteiger partial charge in [-0.15, -0.1) is 0 Å². The van der Waals surface area contributed by atoms with Crippen LogP contribution in [0.2, 0.25) is 0 Å². The Kier molecular flexibility index (Phi) is 4.81. The molecule has 0 unspecified atom stereocenters. The first-order valence-electron chi connectivity index (χ1n) is 10.8. The van der Waals surface area contributed by atoms with E-state index in [9.17, 15) is 13.2 Å². The first-order valence-corrected chi connectivity index (χ1v) is 12.4. The second-order valence-electron chi connectivity index (χ2n) is 9.07. The third-order valence-electron chi connectivity index (χ3n) is 6.72. The van der Waals surface area contributed by atoms with Gasteiger partial charge in [-0.3, -0.25) is 4.79 Å². The van der Waals surface area contributed by atoms with Crippen LogP contribution in [-0.4, -0.2) is 38.2 Å². The zero-order chi connectivity index (χ0) is 20.8. The topological polar surface area (TPSA) is 79.4 Å². The molecule has 1 aromatic heterocycles. The maximum Gasteiger partial charge on any atom is 0.259 e. The molecule has 1 spiro atoms. The highest BCUT2D eigenvalue weighted by molar-refractivity contribution is 7.91. The molecular weight excluding hydrogens is 398 g/mol. The molecule has 2 saturated carbocycles. The number of anilines is 2. The first kappa shape index (κ1) is 19.5. The summed E-state index contributed by atoms with van der Waals surface area (Å²) in [5.74, 6) is 0.920. The molecule has 0 bridgehead atoms. The van der Waals surface area contributed by atoms with Gasteiger partial charge in [0.2, 0.25) is 0 Å². The monoisotopic (exact) mass is 425 g/mol. The second kappa shape index (κ2) is 7.38. The van der Waals surface area contributed by atoms with E-state index in [2.05, 4.69) is 15.2 Å². The summed E-state index contributed by atoms with van der Waals surface area (Å²) < 4.78 is 25.2.